The van der Waals surface area contributed by atoms with Crippen LogP contribution >= 0.6 is 11.8 Å². The van der Waals surface area contributed by atoms with Crippen LogP contribution in [0.15, 0.2) is 51.3 Å². The van der Waals surface area contributed by atoms with E-state index >= 15 is 0 Å². The van der Waals surface area contributed by atoms with Crippen LogP contribution in [0.25, 0.3) is 0 Å². The van der Waals surface area contributed by atoms with Crippen LogP contribution in [0.4, 0.5) is 0 Å². The summed E-state index contributed by atoms with van der Waals surface area (Å²) >= 11 is 1.47. The molecule has 1 aromatic carbocycles. The SMILES string of the molecule is Cn1cnnc1Sc1ccc(CN2CCOc3ccc(C(O)C4CCCCC4)cc3C2)o1. The van der Waals surface area contributed by atoms with Crippen LogP contribution < -0.4 is 4.74 Å². The van der Waals surface area contributed by atoms with Gasteiger partial charge in [0.1, 0.15) is 24.4 Å². The average molecular weight is 455 g/mol. The van der Waals surface area contributed by atoms with Crippen molar-refractivity contribution in [2.45, 2.75) is 61.5 Å². The smallest absolute Gasteiger partial charge is 0.198 e. The van der Waals surface area contributed by atoms with E-state index in [-0.39, 0.29) is 6.10 Å². The van der Waals surface area contributed by atoms with E-state index in [0.29, 0.717) is 19.1 Å². The van der Waals surface area contributed by atoms with Crippen molar-refractivity contribution in [1.82, 2.24) is 19.7 Å². The zero-order chi connectivity index (χ0) is 21.9. The molecule has 0 bridgehead atoms. The van der Waals surface area contributed by atoms with Crippen molar-refractivity contribution in [3.63, 3.8) is 0 Å². The van der Waals surface area contributed by atoms with Gasteiger partial charge in [0.05, 0.1) is 12.6 Å². The standard InChI is InChI=1S/C24H30N4O3S/c1-27-16-25-26-24(27)32-22-10-8-20(31-22)15-28-11-12-30-21-9-7-18(13-19(21)14-28)23(29)17-5-3-2-4-6-17/h7-10,13,16-17,23,29H,2-6,11-12,14-15H2,1H3. The van der Waals surface area contributed by atoms with Gasteiger partial charge in [-0.3, -0.25) is 4.90 Å². The Morgan fingerprint density at radius 2 is 2.06 bits per heavy atom. The van der Waals surface area contributed by atoms with Crippen molar-refractivity contribution >= 4 is 11.8 Å². The van der Waals surface area contributed by atoms with E-state index in [1.807, 2.05) is 35.9 Å². The minimum Gasteiger partial charge on any atom is -0.492 e. The highest BCUT2D eigenvalue weighted by molar-refractivity contribution is 7.99. The van der Waals surface area contributed by atoms with Gasteiger partial charge in [-0.1, -0.05) is 25.3 Å². The molecule has 7 nitrogen and oxygen atoms in total. The van der Waals surface area contributed by atoms with Crippen molar-refractivity contribution in [3.8, 4) is 5.75 Å². The largest absolute Gasteiger partial charge is 0.492 e. The van der Waals surface area contributed by atoms with Gasteiger partial charge in [0.25, 0.3) is 0 Å². The molecule has 0 saturated heterocycles. The summed E-state index contributed by atoms with van der Waals surface area (Å²) in [6, 6.07) is 10.2. The van der Waals surface area contributed by atoms with Gasteiger partial charge >= 0.3 is 0 Å². The monoisotopic (exact) mass is 454 g/mol. The summed E-state index contributed by atoms with van der Waals surface area (Å²) in [5.41, 5.74) is 2.15. The number of aliphatic hydroxyl groups is 1. The lowest BCUT2D eigenvalue weighted by molar-refractivity contribution is 0.0847. The zero-order valence-corrected chi connectivity index (χ0v) is 19.3. The molecule has 0 radical (unpaired) electrons. The first-order valence-electron chi connectivity index (χ1n) is 11.4. The van der Waals surface area contributed by atoms with Gasteiger partial charge in [-0.05, 0) is 60.4 Å². The molecule has 1 aliphatic carbocycles. The number of hydrogen-bond donors (Lipinski definition) is 1. The second kappa shape index (κ2) is 9.68. The molecular weight excluding hydrogens is 424 g/mol. The van der Waals surface area contributed by atoms with Crippen LogP contribution in [0.3, 0.4) is 0 Å². The molecule has 3 aromatic rings. The average Bonchev–Trinajstić information content (AvgIpc) is 3.37. The van der Waals surface area contributed by atoms with Crippen molar-refractivity contribution in [2.75, 3.05) is 13.2 Å². The second-order valence-corrected chi connectivity index (χ2v) is 9.79. The fourth-order valence-corrected chi connectivity index (χ4v) is 5.43. The number of aryl methyl sites for hydroxylation is 1. The van der Waals surface area contributed by atoms with E-state index in [2.05, 4.69) is 21.2 Å². The summed E-state index contributed by atoms with van der Waals surface area (Å²) < 4.78 is 13.9. The van der Waals surface area contributed by atoms with E-state index in [1.165, 1.54) is 31.0 Å². The Kier molecular flexibility index (Phi) is 6.52. The predicted molar refractivity (Wildman–Crippen MR) is 121 cm³/mol. The topological polar surface area (TPSA) is 76.6 Å². The highest BCUT2D eigenvalue weighted by atomic mass is 32.2. The number of hydrogen-bond acceptors (Lipinski definition) is 7. The Morgan fingerprint density at radius 1 is 1.19 bits per heavy atom. The fourth-order valence-electron chi connectivity index (χ4n) is 4.68. The number of furan rings is 1. The van der Waals surface area contributed by atoms with Crippen LogP contribution in [-0.2, 0) is 20.1 Å². The second-order valence-electron chi connectivity index (χ2n) is 8.82. The van der Waals surface area contributed by atoms with Crippen molar-refractivity contribution in [3.05, 3.63) is 53.5 Å². The maximum Gasteiger partial charge on any atom is 0.198 e. The van der Waals surface area contributed by atoms with E-state index in [4.69, 9.17) is 9.15 Å². The molecule has 0 amide bonds. The van der Waals surface area contributed by atoms with E-state index in [9.17, 15) is 5.11 Å². The van der Waals surface area contributed by atoms with Gasteiger partial charge < -0.3 is 18.8 Å². The number of fused-ring (bicyclic) bond motifs is 1. The first-order valence-corrected chi connectivity index (χ1v) is 12.2. The Bertz CT molecular complexity index is 1040. The van der Waals surface area contributed by atoms with E-state index in [1.54, 1.807) is 6.33 Å². The number of aliphatic hydroxyl groups excluding tert-OH is 1. The molecule has 8 heteroatoms. The van der Waals surface area contributed by atoms with Gasteiger partial charge in [0.15, 0.2) is 10.2 Å². The van der Waals surface area contributed by atoms with Crippen molar-refractivity contribution < 1.29 is 14.3 Å². The highest BCUT2D eigenvalue weighted by Crippen LogP contribution is 2.36. The molecular formula is C24H30N4O3S. The number of benzene rings is 1. The zero-order valence-electron chi connectivity index (χ0n) is 18.4. The van der Waals surface area contributed by atoms with Gasteiger partial charge in [0, 0.05) is 25.7 Å². The third-order valence-corrected chi connectivity index (χ3v) is 7.43. The van der Waals surface area contributed by atoms with Gasteiger partial charge in [-0.2, -0.15) is 0 Å². The van der Waals surface area contributed by atoms with Gasteiger partial charge in [-0.15, -0.1) is 10.2 Å². The highest BCUT2D eigenvalue weighted by Gasteiger charge is 2.25. The maximum absolute atomic E-state index is 11.0. The normalized spacial score (nSPS) is 18.7. The molecule has 1 N–H and O–H groups in total. The molecule has 1 fully saturated rings. The third-order valence-electron chi connectivity index (χ3n) is 6.46. The molecule has 2 aromatic heterocycles. The molecule has 1 saturated carbocycles. The summed E-state index contributed by atoms with van der Waals surface area (Å²) in [5, 5.41) is 20.6. The summed E-state index contributed by atoms with van der Waals surface area (Å²) in [4.78, 5) is 2.33. The number of rotatable bonds is 6. The lowest BCUT2D eigenvalue weighted by atomic mass is 9.82. The van der Waals surface area contributed by atoms with E-state index in [0.717, 1.165) is 58.8 Å². The van der Waals surface area contributed by atoms with Crippen molar-refractivity contribution in [2.24, 2.45) is 13.0 Å². The fraction of sp³-hybridized carbons (Fsp3) is 0.500. The molecule has 3 heterocycles. The Balaban J connectivity index is 1.26. The summed E-state index contributed by atoms with van der Waals surface area (Å²) in [6.07, 6.45) is 7.28. The molecule has 1 aliphatic heterocycles. The lowest BCUT2D eigenvalue weighted by Gasteiger charge is -2.27. The Morgan fingerprint density at radius 3 is 2.88 bits per heavy atom. The minimum absolute atomic E-state index is 0.373. The molecule has 32 heavy (non-hydrogen) atoms. The summed E-state index contributed by atoms with van der Waals surface area (Å²) in [6.45, 7) is 2.94. The number of nitrogens with zero attached hydrogens (tertiary/aromatic N) is 4. The third kappa shape index (κ3) is 4.87. The van der Waals surface area contributed by atoms with Crippen molar-refractivity contribution in [1.29, 1.82) is 0 Å². The molecule has 5 rings (SSSR count). The first-order chi connectivity index (χ1) is 15.7. The van der Waals surface area contributed by atoms with Crippen LogP contribution in [0.2, 0.25) is 0 Å². The number of ether oxygens (including phenoxy) is 1. The van der Waals surface area contributed by atoms with E-state index < -0.39 is 0 Å². The molecule has 170 valence electrons. The van der Waals surface area contributed by atoms with Gasteiger partial charge in [-0.25, -0.2) is 0 Å². The van der Waals surface area contributed by atoms with Crippen LogP contribution in [0, 0.1) is 5.92 Å². The van der Waals surface area contributed by atoms with Crippen LogP contribution in [0.5, 0.6) is 5.75 Å². The minimum atomic E-state index is -0.387. The first kappa shape index (κ1) is 21.6. The molecule has 2 aliphatic rings. The van der Waals surface area contributed by atoms with Crippen LogP contribution in [0.1, 0.15) is 55.1 Å². The summed E-state index contributed by atoms with van der Waals surface area (Å²) in [5.74, 6) is 2.21. The van der Waals surface area contributed by atoms with Gasteiger partial charge in [0.2, 0.25) is 0 Å². The predicted octanol–water partition coefficient (Wildman–Crippen LogP) is 4.57. The maximum atomic E-state index is 11.0. The molecule has 1 atom stereocenters. The summed E-state index contributed by atoms with van der Waals surface area (Å²) in [7, 11) is 1.92. The Hall–Kier alpha value is -2.29. The molecule has 0 spiro atoms. The Labute approximate surface area is 192 Å². The molecule has 1 unspecified atom stereocenters. The van der Waals surface area contributed by atoms with Crippen LogP contribution in [-0.4, -0.2) is 37.9 Å². The number of aromatic nitrogens is 3. The lowest BCUT2D eigenvalue weighted by Crippen LogP contribution is -2.25. The quantitative estimate of drug-likeness (QED) is 0.585.